The van der Waals surface area contributed by atoms with Gasteiger partial charge >= 0.3 is 0 Å². The number of aromatic nitrogens is 2. The molecule has 0 aliphatic heterocycles. The summed E-state index contributed by atoms with van der Waals surface area (Å²) in [6.45, 7) is 0. The van der Waals surface area contributed by atoms with Crippen molar-refractivity contribution in [1.82, 2.24) is 4.57 Å². The average molecular weight is 242 g/mol. The predicted octanol–water partition coefficient (Wildman–Crippen LogP) is 1.29. The van der Waals surface area contributed by atoms with Crippen molar-refractivity contribution < 1.29 is 9.57 Å². The third kappa shape index (κ3) is 1.31. The first-order valence-corrected chi connectivity index (χ1v) is 4.72. The molecule has 0 aliphatic carbocycles. The number of pyridine rings is 1. The van der Waals surface area contributed by atoms with Crippen LogP contribution in [0.25, 0.3) is 11.0 Å². The van der Waals surface area contributed by atoms with E-state index in [0.29, 0.717) is 0 Å². The van der Waals surface area contributed by atoms with Crippen molar-refractivity contribution in [3.8, 4) is 0 Å². The van der Waals surface area contributed by atoms with Crippen molar-refractivity contribution in [2.75, 3.05) is 7.11 Å². The van der Waals surface area contributed by atoms with E-state index in [-0.39, 0.29) is 0 Å². The number of aryl methyl sites for hydroxylation is 1. The fourth-order valence-corrected chi connectivity index (χ4v) is 1.79. The van der Waals surface area contributed by atoms with Gasteiger partial charge in [0, 0.05) is 24.0 Å². The number of hydrogen-bond donors (Lipinski definition) is 0. The zero-order valence-electron chi connectivity index (χ0n) is 7.49. The van der Waals surface area contributed by atoms with Gasteiger partial charge in [-0.2, -0.15) is 0 Å². The van der Waals surface area contributed by atoms with E-state index in [2.05, 4.69) is 26.6 Å². The third-order valence-corrected chi connectivity index (χ3v) is 2.48. The highest BCUT2D eigenvalue weighted by molar-refractivity contribution is 9.10. The topological polar surface area (TPSA) is 18.0 Å². The van der Waals surface area contributed by atoms with Crippen LogP contribution in [0.4, 0.5) is 0 Å². The van der Waals surface area contributed by atoms with Crippen LogP contribution in [0.2, 0.25) is 0 Å². The minimum Gasteiger partial charge on any atom is -0.345 e. The van der Waals surface area contributed by atoms with Crippen LogP contribution >= 0.6 is 15.9 Å². The monoisotopic (exact) mass is 241 g/mol. The van der Waals surface area contributed by atoms with Crippen LogP contribution in [-0.2, 0) is 7.05 Å². The predicted molar refractivity (Wildman–Crippen MR) is 53.3 cm³/mol. The van der Waals surface area contributed by atoms with E-state index in [1.54, 1.807) is 11.8 Å². The molecular formula is C9H10BrN2O+. The quantitative estimate of drug-likeness (QED) is 0.689. The van der Waals surface area contributed by atoms with E-state index in [4.69, 9.17) is 4.84 Å². The van der Waals surface area contributed by atoms with Crippen molar-refractivity contribution in [3.63, 3.8) is 0 Å². The highest BCUT2D eigenvalue weighted by Gasteiger charge is 2.13. The van der Waals surface area contributed by atoms with Crippen LogP contribution in [0.1, 0.15) is 0 Å². The molecule has 0 spiro atoms. The molecule has 0 aromatic carbocycles. The molecule has 2 heterocycles. The summed E-state index contributed by atoms with van der Waals surface area (Å²) in [5.74, 6) is 0. The number of hydrogen-bond acceptors (Lipinski definition) is 1. The SMILES string of the molecule is CO[n+]1cc(Br)cc2c1ccn2C. The van der Waals surface area contributed by atoms with E-state index in [9.17, 15) is 0 Å². The Balaban J connectivity index is 2.84. The highest BCUT2D eigenvalue weighted by Crippen LogP contribution is 2.15. The lowest BCUT2D eigenvalue weighted by molar-refractivity contribution is -0.865. The van der Waals surface area contributed by atoms with Crippen LogP contribution in [0.3, 0.4) is 0 Å². The van der Waals surface area contributed by atoms with E-state index < -0.39 is 0 Å². The van der Waals surface area contributed by atoms with Gasteiger partial charge in [-0.3, -0.25) is 4.84 Å². The normalized spacial score (nSPS) is 10.7. The lowest BCUT2D eigenvalue weighted by Gasteiger charge is -1.96. The van der Waals surface area contributed by atoms with Gasteiger partial charge in [0.1, 0.15) is 12.6 Å². The second-order valence-corrected chi connectivity index (χ2v) is 3.78. The second kappa shape index (κ2) is 3.03. The molecule has 3 nitrogen and oxygen atoms in total. The molecule has 13 heavy (non-hydrogen) atoms. The zero-order chi connectivity index (χ0) is 9.42. The number of nitrogens with zero attached hydrogens (tertiary/aromatic N) is 2. The molecule has 2 rings (SSSR count). The summed E-state index contributed by atoms with van der Waals surface area (Å²) in [5, 5.41) is 0. The van der Waals surface area contributed by atoms with E-state index in [1.807, 2.05) is 25.5 Å². The van der Waals surface area contributed by atoms with Crippen LogP contribution < -0.4 is 9.57 Å². The molecule has 2 aromatic heterocycles. The Kier molecular flexibility index (Phi) is 2.00. The molecule has 68 valence electrons. The smallest absolute Gasteiger partial charge is 0.282 e. The Morgan fingerprint density at radius 1 is 1.54 bits per heavy atom. The van der Waals surface area contributed by atoms with Crippen LogP contribution in [0, 0.1) is 0 Å². The van der Waals surface area contributed by atoms with Gasteiger partial charge in [0.25, 0.3) is 5.52 Å². The van der Waals surface area contributed by atoms with Gasteiger partial charge in [-0.1, -0.05) is 0 Å². The largest absolute Gasteiger partial charge is 0.345 e. The summed E-state index contributed by atoms with van der Waals surface area (Å²) < 4.78 is 4.79. The molecule has 4 heteroatoms. The summed E-state index contributed by atoms with van der Waals surface area (Å²) in [6.07, 6.45) is 3.90. The molecule has 0 fully saturated rings. The van der Waals surface area contributed by atoms with Crippen molar-refractivity contribution in [1.29, 1.82) is 0 Å². The standard InChI is InChI=1S/C9H10BrN2O/c1-11-4-3-8-9(11)5-7(10)6-12(8)13-2/h3-6H,1-2H3/q+1. The Morgan fingerprint density at radius 3 is 3.00 bits per heavy atom. The summed E-state index contributed by atoms with van der Waals surface area (Å²) in [6, 6.07) is 4.08. The van der Waals surface area contributed by atoms with Crippen LogP contribution in [-0.4, -0.2) is 11.7 Å². The molecule has 0 amide bonds. The summed E-state index contributed by atoms with van der Waals surface area (Å²) >= 11 is 3.43. The fourth-order valence-electron chi connectivity index (χ4n) is 1.39. The maximum atomic E-state index is 5.19. The van der Waals surface area contributed by atoms with Crippen LogP contribution in [0.15, 0.2) is 29.0 Å². The second-order valence-electron chi connectivity index (χ2n) is 2.86. The Hall–Kier alpha value is -1.03. The molecule has 0 radical (unpaired) electrons. The fraction of sp³-hybridized carbons (Fsp3) is 0.222. The molecule has 0 bridgehead atoms. The first kappa shape index (κ1) is 8.56. The van der Waals surface area contributed by atoms with Gasteiger partial charge in [-0.15, -0.1) is 0 Å². The maximum Gasteiger partial charge on any atom is 0.282 e. The Bertz CT molecular complexity index is 450. The van der Waals surface area contributed by atoms with E-state index >= 15 is 0 Å². The van der Waals surface area contributed by atoms with Crippen molar-refractivity contribution in [2.45, 2.75) is 0 Å². The lowest BCUT2D eigenvalue weighted by Crippen LogP contribution is -2.40. The molecule has 0 N–H and O–H groups in total. The van der Waals surface area contributed by atoms with Crippen LogP contribution in [0.5, 0.6) is 0 Å². The van der Waals surface area contributed by atoms with Gasteiger partial charge in [0.2, 0.25) is 6.20 Å². The minimum atomic E-state index is 1.00. The minimum absolute atomic E-state index is 1.00. The third-order valence-electron chi connectivity index (χ3n) is 2.05. The van der Waals surface area contributed by atoms with Gasteiger partial charge in [0.05, 0.1) is 4.47 Å². The van der Waals surface area contributed by atoms with E-state index in [1.165, 1.54) is 0 Å². The van der Waals surface area contributed by atoms with Gasteiger partial charge in [0.15, 0.2) is 0 Å². The first-order chi connectivity index (χ1) is 6.22. The molecule has 0 unspecified atom stereocenters. The van der Waals surface area contributed by atoms with E-state index in [0.717, 1.165) is 15.5 Å². The van der Waals surface area contributed by atoms with Crippen molar-refractivity contribution in [3.05, 3.63) is 29.0 Å². The zero-order valence-corrected chi connectivity index (χ0v) is 9.08. The summed E-state index contributed by atoms with van der Waals surface area (Å²) in [4.78, 5) is 5.19. The molecule has 0 aliphatic rings. The number of halogens is 1. The summed E-state index contributed by atoms with van der Waals surface area (Å²) in [5.41, 5.74) is 2.20. The Labute approximate surface area is 84.6 Å². The maximum absolute atomic E-state index is 5.19. The molecule has 0 saturated carbocycles. The highest BCUT2D eigenvalue weighted by atomic mass is 79.9. The molecule has 2 aromatic rings. The van der Waals surface area contributed by atoms with Gasteiger partial charge in [-0.05, 0) is 22.0 Å². The van der Waals surface area contributed by atoms with Gasteiger partial charge < -0.3 is 4.57 Å². The number of rotatable bonds is 1. The number of fused-ring (bicyclic) bond motifs is 1. The summed E-state index contributed by atoms with van der Waals surface area (Å²) in [7, 11) is 3.66. The average Bonchev–Trinajstić information content (AvgIpc) is 2.47. The molecule has 0 saturated heterocycles. The first-order valence-electron chi connectivity index (χ1n) is 3.93. The van der Waals surface area contributed by atoms with Gasteiger partial charge in [-0.25, -0.2) is 0 Å². The molecular weight excluding hydrogens is 232 g/mol. The Morgan fingerprint density at radius 2 is 2.31 bits per heavy atom. The van der Waals surface area contributed by atoms with Crippen molar-refractivity contribution in [2.24, 2.45) is 7.05 Å². The lowest BCUT2D eigenvalue weighted by atomic mass is 10.4. The molecule has 0 atom stereocenters. The van der Waals surface area contributed by atoms with Crippen molar-refractivity contribution >= 4 is 27.0 Å².